The van der Waals surface area contributed by atoms with Crippen LogP contribution in [0.3, 0.4) is 0 Å². The SMILES string of the molecule is CN(CCO)COC(=O)NCC1(C)CC(NC(=O)CN(C)CCO)CC(C)(C)C1. The fourth-order valence-corrected chi connectivity index (χ4v) is 4.38. The Bertz CT molecular complexity index is 531. The highest BCUT2D eigenvalue weighted by molar-refractivity contribution is 5.78. The number of nitrogens with zero attached hydrogens (tertiary/aromatic N) is 2. The average molecular weight is 417 g/mol. The summed E-state index contributed by atoms with van der Waals surface area (Å²) in [5.41, 5.74) is -0.123. The number of hydrogen-bond donors (Lipinski definition) is 4. The first-order valence-electron chi connectivity index (χ1n) is 10.3. The predicted molar refractivity (Wildman–Crippen MR) is 111 cm³/mol. The van der Waals surface area contributed by atoms with Crippen molar-refractivity contribution in [3.63, 3.8) is 0 Å². The van der Waals surface area contributed by atoms with Crippen LogP contribution in [0.5, 0.6) is 0 Å². The van der Waals surface area contributed by atoms with Crippen molar-refractivity contribution in [3.05, 3.63) is 0 Å². The second kappa shape index (κ2) is 11.7. The first kappa shape index (κ1) is 25.6. The van der Waals surface area contributed by atoms with Crippen molar-refractivity contribution in [2.75, 3.05) is 60.2 Å². The number of aliphatic hydroxyl groups is 2. The quantitative estimate of drug-likeness (QED) is 0.356. The van der Waals surface area contributed by atoms with Crippen molar-refractivity contribution >= 4 is 12.0 Å². The molecular formula is C20H40N4O5. The Balaban J connectivity index is 2.56. The van der Waals surface area contributed by atoms with Crippen molar-refractivity contribution in [2.45, 2.75) is 46.1 Å². The standard InChI is InChI=1S/C20H40N4O5/c1-19(2)10-16(22-17(27)12-23(4)6-8-25)11-20(3,13-19)14-21-18(28)29-15-24(5)7-9-26/h16,25-26H,6-15H2,1-5H3,(H,21,28)(H,22,27). The summed E-state index contributed by atoms with van der Waals surface area (Å²) in [5, 5.41) is 23.8. The van der Waals surface area contributed by atoms with Crippen LogP contribution in [0.2, 0.25) is 0 Å². The Kier molecular flexibility index (Phi) is 10.3. The Morgan fingerprint density at radius 3 is 2.31 bits per heavy atom. The Hall–Kier alpha value is -1.42. The summed E-state index contributed by atoms with van der Waals surface area (Å²) in [5.74, 6) is -0.0507. The molecule has 4 N–H and O–H groups in total. The summed E-state index contributed by atoms with van der Waals surface area (Å²) in [6.07, 6.45) is 2.11. The Morgan fingerprint density at radius 1 is 1.07 bits per heavy atom. The molecule has 2 unspecified atom stereocenters. The van der Waals surface area contributed by atoms with Crippen LogP contribution < -0.4 is 10.6 Å². The normalized spacial score (nSPS) is 23.8. The Morgan fingerprint density at radius 2 is 1.69 bits per heavy atom. The molecule has 170 valence electrons. The third kappa shape index (κ3) is 10.3. The largest absolute Gasteiger partial charge is 0.433 e. The summed E-state index contributed by atoms with van der Waals surface area (Å²) in [4.78, 5) is 27.9. The highest BCUT2D eigenvalue weighted by Crippen LogP contribution is 2.45. The van der Waals surface area contributed by atoms with E-state index < -0.39 is 6.09 Å². The van der Waals surface area contributed by atoms with E-state index in [2.05, 4.69) is 31.4 Å². The van der Waals surface area contributed by atoms with Gasteiger partial charge in [0.15, 0.2) is 0 Å². The molecule has 2 amide bonds. The number of hydrogen-bond acceptors (Lipinski definition) is 7. The molecule has 0 radical (unpaired) electrons. The van der Waals surface area contributed by atoms with E-state index in [1.807, 2.05) is 0 Å². The molecule has 0 aromatic rings. The van der Waals surface area contributed by atoms with Crippen LogP contribution in [0.15, 0.2) is 0 Å². The minimum absolute atomic E-state index is 0.0114. The lowest BCUT2D eigenvalue weighted by Crippen LogP contribution is -2.51. The van der Waals surface area contributed by atoms with E-state index in [0.29, 0.717) is 19.6 Å². The van der Waals surface area contributed by atoms with E-state index in [0.717, 1.165) is 19.3 Å². The summed E-state index contributed by atoms with van der Waals surface area (Å²) < 4.78 is 5.17. The van der Waals surface area contributed by atoms with Gasteiger partial charge in [-0.2, -0.15) is 0 Å². The van der Waals surface area contributed by atoms with Crippen LogP contribution in [-0.2, 0) is 9.53 Å². The number of alkyl carbamates (subject to hydrolysis) is 1. The maximum atomic E-state index is 12.3. The smallest absolute Gasteiger partial charge is 0.408 e. The highest BCUT2D eigenvalue weighted by Gasteiger charge is 2.42. The van der Waals surface area contributed by atoms with Gasteiger partial charge in [-0.05, 0) is 44.2 Å². The van der Waals surface area contributed by atoms with Crippen LogP contribution in [0.4, 0.5) is 4.79 Å². The topological polar surface area (TPSA) is 114 Å². The lowest BCUT2D eigenvalue weighted by Gasteiger charge is -2.47. The summed E-state index contributed by atoms with van der Waals surface area (Å²) in [6.45, 7) is 8.27. The molecule has 0 aliphatic heterocycles. The molecule has 2 atom stereocenters. The van der Waals surface area contributed by atoms with Gasteiger partial charge in [0.25, 0.3) is 0 Å². The van der Waals surface area contributed by atoms with Crippen LogP contribution in [-0.4, -0.2) is 98.3 Å². The van der Waals surface area contributed by atoms with E-state index in [-0.39, 0.29) is 49.3 Å². The van der Waals surface area contributed by atoms with E-state index in [1.54, 1.807) is 23.9 Å². The monoisotopic (exact) mass is 416 g/mol. The molecule has 0 heterocycles. The number of aliphatic hydroxyl groups excluding tert-OH is 2. The minimum atomic E-state index is -0.481. The van der Waals surface area contributed by atoms with Gasteiger partial charge in [-0.3, -0.25) is 14.6 Å². The molecule has 1 aliphatic carbocycles. The molecule has 1 fully saturated rings. The summed E-state index contributed by atoms with van der Waals surface area (Å²) >= 11 is 0. The molecule has 0 bridgehead atoms. The summed E-state index contributed by atoms with van der Waals surface area (Å²) in [7, 11) is 3.57. The lowest BCUT2D eigenvalue weighted by atomic mass is 9.62. The van der Waals surface area contributed by atoms with Crippen molar-refractivity contribution in [1.82, 2.24) is 20.4 Å². The van der Waals surface area contributed by atoms with Crippen molar-refractivity contribution < 1.29 is 24.5 Å². The number of amides is 2. The number of likely N-dealkylation sites (N-methyl/N-ethyl adjacent to an activating group) is 2. The van der Waals surface area contributed by atoms with Crippen LogP contribution >= 0.6 is 0 Å². The fourth-order valence-electron chi connectivity index (χ4n) is 4.38. The maximum Gasteiger partial charge on any atom is 0.408 e. The van der Waals surface area contributed by atoms with Gasteiger partial charge in [-0.15, -0.1) is 0 Å². The van der Waals surface area contributed by atoms with Crippen molar-refractivity contribution in [2.24, 2.45) is 10.8 Å². The third-order valence-electron chi connectivity index (χ3n) is 5.26. The number of carbonyl (C=O) groups is 2. The average Bonchev–Trinajstić information content (AvgIpc) is 2.56. The van der Waals surface area contributed by atoms with E-state index in [1.165, 1.54) is 0 Å². The second-order valence-corrected chi connectivity index (χ2v) is 9.50. The molecule has 9 heteroatoms. The van der Waals surface area contributed by atoms with Crippen LogP contribution in [0.25, 0.3) is 0 Å². The number of nitrogens with one attached hydrogen (secondary N) is 2. The molecule has 29 heavy (non-hydrogen) atoms. The molecule has 0 aromatic carbocycles. The van der Waals surface area contributed by atoms with E-state index in [4.69, 9.17) is 14.9 Å². The fraction of sp³-hybridized carbons (Fsp3) is 0.900. The maximum absolute atomic E-state index is 12.3. The molecular weight excluding hydrogens is 376 g/mol. The Labute approximate surface area is 174 Å². The van der Waals surface area contributed by atoms with Crippen molar-refractivity contribution in [1.29, 1.82) is 0 Å². The molecule has 9 nitrogen and oxygen atoms in total. The molecule has 1 aliphatic rings. The lowest BCUT2D eigenvalue weighted by molar-refractivity contribution is -0.123. The molecule has 0 saturated heterocycles. The number of rotatable bonds is 11. The van der Waals surface area contributed by atoms with Gasteiger partial charge in [0.2, 0.25) is 5.91 Å². The zero-order chi connectivity index (χ0) is 22.1. The highest BCUT2D eigenvalue weighted by atomic mass is 16.6. The third-order valence-corrected chi connectivity index (χ3v) is 5.26. The van der Waals surface area contributed by atoms with Gasteiger partial charge in [0.1, 0.15) is 6.73 Å². The van der Waals surface area contributed by atoms with Crippen LogP contribution in [0, 0.1) is 10.8 Å². The zero-order valence-corrected chi connectivity index (χ0v) is 18.7. The number of carbonyl (C=O) groups excluding carboxylic acids is 2. The second-order valence-electron chi connectivity index (χ2n) is 9.50. The van der Waals surface area contributed by atoms with Gasteiger partial charge in [-0.1, -0.05) is 20.8 Å². The summed E-state index contributed by atoms with van der Waals surface area (Å²) in [6, 6.07) is 0.0345. The van der Waals surface area contributed by atoms with Gasteiger partial charge in [-0.25, -0.2) is 4.79 Å². The van der Waals surface area contributed by atoms with E-state index >= 15 is 0 Å². The van der Waals surface area contributed by atoms with Gasteiger partial charge >= 0.3 is 6.09 Å². The predicted octanol–water partition coefficient (Wildman–Crippen LogP) is 0.220. The van der Waals surface area contributed by atoms with E-state index in [9.17, 15) is 9.59 Å². The first-order chi connectivity index (χ1) is 13.5. The van der Waals surface area contributed by atoms with Crippen LogP contribution in [0.1, 0.15) is 40.0 Å². The molecule has 0 spiro atoms. The number of ether oxygens (including phenoxy) is 1. The molecule has 1 saturated carbocycles. The molecule has 0 aromatic heterocycles. The molecule has 1 rings (SSSR count). The zero-order valence-electron chi connectivity index (χ0n) is 18.7. The van der Waals surface area contributed by atoms with Crippen molar-refractivity contribution in [3.8, 4) is 0 Å². The minimum Gasteiger partial charge on any atom is -0.433 e. The van der Waals surface area contributed by atoms with Gasteiger partial charge in [0.05, 0.1) is 19.8 Å². The van der Waals surface area contributed by atoms with Gasteiger partial charge in [0, 0.05) is 25.7 Å². The van der Waals surface area contributed by atoms with Gasteiger partial charge < -0.3 is 25.6 Å². The first-order valence-corrected chi connectivity index (χ1v) is 10.3.